The van der Waals surface area contributed by atoms with E-state index in [1.165, 1.54) is 18.1 Å². The van der Waals surface area contributed by atoms with Crippen LogP contribution in [0.4, 0.5) is 5.69 Å². The number of fused-ring (bicyclic) bond motifs is 1. The molecule has 1 aromatic carbocycles. The SMILES string of the molecule is O=C(NC1CCN(C(=O)c2ccoc2)CC1)[C@@H]1CCCC[C@@H]1C(=O)N1CCc2ccccc21. The Kier molecular flexibility index (Phi) is 6.20. The number of carbonyl (C=O) groups excluding carboxylic acids is 3. The maximum atomic E-state index is 13.5. The molecule has 0 radical (unpaired) electrons. The highest BCUT2D eigenvalue weighted by atomic mass is 16.3. The lowest BCUT2D eigenvalue weighted by Gasteiger charge is -2.36. The van der Waals surface area contributed by atoms with Crippen LogP contribution < -0.4 is 10.2 Å². The van der Waals surface area contributed by atoms with E-state index in [0.717, 1.165) is 50.6 Å². The van der Waals surface area contributed by atoms with Gasteiger partial charge in [0.1, 0.15) is 6.26 Å². The number of amides is 3. The highest BCUT2D eigenvalue weighted by molar-refractivity contribution is 5.99. The fourth-order valence-corrected chi connectivity index (χ4v) is 5.61. The molecule has 2 fully saturated rings. The summed E-state index contributed by atoms with van der Waals surface area (Å²) in [6.07, 6.45) is 8.79. The average Bonchev–Trinajstić information content (AvgIpc) is 3.54. The normalized spacial score (nSPS) is 23.3. The lowest BCUT2D eigenvalue weighted by atomic mass is 9.77. The summed E-state index contributed by atoms with van der Waals surface area (Å²) in [6.45, 7) is 1.91. The minimum atomic E-state index is -0.274. The Labute approximate surface area is 194 Å². The van der Waals surface area contributed by atoms with Gasteiger partial charge in [-0.1, -0.05) is 31.0 Å². The van der Waals surface area contributed by atoms with Crippen LogP contribution in [0, 0.1) is 11.8 Å². The first-order chi connectivity index (χ1) is 16.1. The monoisotopic (exact) mass is 449 g/mol. The van der Waals surface area contributed by atoms with Gasteiger partial charge in [-0.25, -0.2) is 0 Å². The fraction of sp³-hybridized carbons (Fsp3) is 0.500. The molecule has 33 heavy (non-hydrogen) atoms. The first-order valence-electron chi connectivity index (χ1n) is 12.1. The van der Waals surface area contributed by atoms with Crippen molar-refractivity contribution in [3.8, 4) is 0 Å². The number of hydrogen-bond acceptors (Lipinski definition) is 4. The summed E-state index contributed by atoms with van der Waals surface area (Å²) in [7, 11) is 0. The molecule has 3 amide bonds. The van der Waals surface area contributed by atoms with Gasteiger partial charge in [-0.2, -0.15) is 0 Å². The third kappa shape index (κ3) is 4.41. The van der Waals surface area contributed by atoms with E-state index in [1.54, 1.807) is 6.07 Å². The maximum Gasteiger partial charge on any atom is 0.257 e. The number of rotatable bonds is 4. The molecular weight excluding hydrogens is 418 g/mol. The zero-order chi connectivity index (χ0) is 22.8. The zero-order valence-electron chi connectivity index (χ0n) is 18.9. The van der Waals surface area contributed by atoms with E-state index >= 15 is 0 Å². The van der Waals surface area contributed by atoms with Crippen molar-refractivity contribution in [3.63, 3.8) is 0 Å². The molecule has 3 heterocycles. The van der Waals surface area contributed by atoms with Gasteiger partial charge in [-0.3, -0.25) is 14.4 Å². The Hall–Kier alpha value is -3.09. The van der Waals surface area contributed by atoms with Crippen LogP contribution in [-0.2, 0) is 16.0 Å². The van der Waals surface area contributed by atoms with Crippen molar-refractivity contribution in [3.05, 3.63) is 54.0 Å². The lowest BCUT2D eigenvalue weighted by molar-refractivity contribution is -0.135. The third-order valence-electron chi connectivity index (χ3n) is 7.47. The van der Waals surface area contributed by atoms with Crippen molar-refractivity contribution < 1.29 is 18.8 Å². The molecule has 0 bridgehead atoms. The summed E-state index contributed by atoms with van der Waals surface area (Å²) in [6, 6.07) is 9.79. The maximum absolute atomic E-state index is 13.5. The van der Waals surface area contributed by atoms with Crippen molar-refractivity contribution in [1.82, 2.24) is 10.2 Å². The van der Waals surface area contributed by atoms with E-state index in [9.17, 15) is 14.4 Å². The highest BCUT2D eigenvalue weighted by Crippen LogP contribution is 2.36. The molecule has 2 atom stereocenters. The quantitative estimate of drug-likeness (QED) is 0.776. The van der Waals surface area contributed by atoms with Crippen molar-refractivity contribution in [2.24, 2.45) is 11.8 Å². The van der Waals surface area contributed by atoms with Crippen LogP contribution in [0.25, 0.3) is 0 Å². The van der Waals surface area contributed by atoms with Gasteiger partial charge in [-0.05, 0) is 49.8 Å². The molecule has 174 valence electrons. The van der Waals surface area contributed by atoms with Crippen LogP contribution >= 0.6 is 0 Å². The molecule has 1 aliphatic carbocycles. The lowest BCUT2D eigenvalue weighted by Crippen LogP contribution is -2.50. The van der Waals surface area contributed by atoms with Crippen molar-refractivity contribution in [2.45, 2.75) is 51.0 Å². The third-order valence-corrected chi connectivity index (χ3v) is 7.47. The average molecular weight is 450 g/mol. The number of piperidine rings is 1. The molecule has 1 N–H and O–H groups in total. The predicted octanol–water partition coefficient (Wildman–Crippen LogP) is 3.40. The van der Waals surface area contributed by atoms with Crippen molar-refractivity contribution >= 4 is 23.4 Å². The molecular formula is C26H31N3O4. The first-order valence-corrected chi connectivity index (χ1v) is 12.1. The minimum Gasteiger partial charge on any atom is -0.472 e. The van der Waals surface area contributed by atoms with E-state index in [1.807, 2.05) is 28.0 Å². The molecule has 7 nitrogen and oxygen atoms in total. The van der Waals surface area contributed by atoms with Crippen LogP contribution in [0.2, 0.25) is 0 Å². The summed E-state index contributed by atoms with van der Waals surface area (Å²) in [5, 5.41) is 3.21. The largest absolute Gasteiger partial charge is 0.472 e. The summed E-state index contributed by atoms with van der Waals surface area (Å²) in [5.74, 6) is -0.463. The van der Waals surface area contributed by atoms with Gasteiger partial charge in [0, 0.05) is 37.3 Å². The molecule has 1 aromatic heterocycles. The van der Waals surface area contributed by atoms with Crippen LogP contribution in [0.1, 0.15) is 54.4 Å². The van der Waals surface area contributed by atoms with Crippen molar-refractivity contribution in [1.29, 1.82) is 0 Å². The van der Waals surface area contributed by atoms with E-state index in [4.69, 9.17) is 4.42 Å². The minimum absolute atomic E-state index is 0.000133. The predicted molar refractivity (Wildman–Crippen MR) is 124 cm³/mol. The van der Waals surface area contributed by atoms with Crippen LogP contribution in [0.15, 0.2) is 47.3 Å². The topological polar surface area (TPSA) is 82.9 Å². The fourth-order valence-electron chi connectivity index (χ4n) is 5.61. The molecule has 3 aliphatic rings. The first kappa shape index (κ1) is 21.7. The Morgan fingerprint density at radius 1 is 0.909 bits per heavy atom. The number of likely N-dealkylation sites (tertiary alicyclic amines) is 1. The summed E-state index contributed by atoms with van der Waals surface area (Å²) in [5.41, 5.74) is 2.77. The van der Waals surface area contributed by atoms with E-state index in [2.05, 4.69) is 11.4 Å². The zero-order valence-corrected chi connectivity index (χ0v) is 18.9. The van der Waals surface area contributed by atoms with E-state index in [-0.39, 0.29) is 35.6 Å². The highest BCUT2D eigenvalue weighted by Gasteiger charge is 2.40. The Balaban J connectivity index is 1.19. The number of nitrogens with one attached hydrogen (secondary N) is 1. The van der Waals surface area contributed by atoms with Crippen molar-refractivity contribution in [2.75, 3.05) is 24.5 Å². The van der Waals surface area contributed by atoms with Gasteiger partial charge >= 0.3 is 0 Å². The smallest absolute Gasteiger partial charge is 0.257 e. The van der Waals surface area contributed by atoms with E-state index in [0.29, 0.717) is 25.2 Å². The Bertz CT molecular complexity index is 1010. The number of nitrogens with zero attached hydrogens (tertiary/aromatic N) is 2. The summed E-state index contributed by atoms with van der Waals surface area (Å²) in [4.78, 5) is 43.0. The number of carbonyl (C=O) groups is 3. The summed E-state index contributed by atoms with van der Waals surface area (Å²) >= 11 is 0. The molecule has 0 spiro atoms. The number of furan rings is 1. The van der Waals surface area contributed by atoms with Gasteiger partial charge in [0.15, 0.2) is 0 Å². The van der Waals surface area contributed by atoms with Gasteiger partial charge in [-0.15, -0.1) is 0 Å². The molecule has 2 aliphatic heterocycles. The number of benzene rings is 1. The van der Waals surface area contributed by atoms with E-state index < -0.39 is 0 Å². The second kappa shape index (κ2) is 9.41. The molecule has 2 aromatic rings. The van der Waals surface area contributed by atoms with Crippen LogP contribution in [0.3, 0.4) is 0 Å². The van der Waals surface area contributed by atoms with Gasteiger partial charge in [0.05, 0.1) is 17.7 Å². The number of para-hydroxylation sites is 1. The van der Waals surface area contributed by atoms with Gasteiger partial charge in [0.25, 0.3) is 5.91 Å². The van der Waals surface area contributed by atoms with Gasteiger partial charge in [0.2, 0.25) is 11.8 Å². The molecule has 1 saturated carbocycles. The van der Waals surface area contributed by atoms with Crippen LogP contribution in [0.5, 0.6) is 0 Å². The summed E-state index contributed by atoms with van der Waals surface area (Å²) < 4.78 is 5.02. The molecule has 0 unspecified atom stereocenters. The van der Waals surface area contributed by atoms with Gasteiger partial charge < -0.3 is 19.5 Å². The second-order valence-corrected chi connectivity index (χ2v) is 9.45. The second-order valence-electron chi connectivity index (χ2n) is 9.45. The van der Waals surface area contributed by atoms with Crippen LogP contribution in [-0.4, -0.2) is 48.3 Å². The Morgan fingerprint density at radius 2 is 1.67 bits per heavy atom. The molecule has 7 heteroatoms. The molecule has 1 saturated heterocycles. The molecule has 5 rings (SSSR count). The number of hydrogen-bond donors (Lipinski definition) is 1. The number of anilines is 1. The standard InChI is InChI=1S/C26H31N3O4/c30-24(27-20-10-13-28(14-11-20)25(31)19-12-16-33-17-19)21-6-2-3-7-22(21)26(32)29-15-9-18-5-1-4-8-23(18)29/h1,4-5,8,12,16-17,20-22H,2-3,6-7,9-11,13-15H2,(H,27,30)/t21-,22+/m1/s1. The Morgan fingerprint density at radius 3 is 2.42 bits per heavy atom.